The lowest BCUT2D eigenvalue weighted by atomic mass is 9.97. The van der Waals surface area contributed by atoms with E-state index in [9.17, 15) is 19.2 Å². The van der Waals surface area contributed by atoms with Gasteiger partial charge in [0.05, 0.1) is 66.4 Å². The topological polar surface area (TPSA) is 140 Å². The Labute approximate surface area is 451 Å². The number of imidazole rings is 4. The maximum atomic E-state index is 13.2. The van der Waals surface area contributed by atoms with Crippen LogP contribution in [0.25, 0.3) is 89.7 Å². The first-order valence-corrected chi connectivity index (χ1v) is 27.0. The summed E-state index contributed by atoms with van der Waals surface area (Å²) in [6.07, 6.45) is 1.32. The van der Waals surface area contributed by atoms with Gasteiger partial charge < -0.3 is 0 Å². The maximum absolute atomic E-state index is 13.2. The molecule has 0 bridgehead atoms. The van der Waals surface area contributed by atoms with Crippen LogP contribution in [0.1, 0.15) is 119 Å². The van der Waals surface area contributed by atoms with Crippen LogP contribution >= 0.6 is 0 Å². The molecule has 0 unspecified atom stereocenters. The molecule has 78 heavy (non-hydrogen) atoms. The second-order valence-electron chi connectivity index (χ2n) is 18.1. The zero-order valence-corrected chi connectivity index (χ0v) is 44.8. The molecule has 0 spiro atoms. The van der Waals surface area contributed by atoms with Crippen LogP contribution in [0, 0.1) is 0 Å². The molecule has 0 saturated heterocycles. The monoisotopic (exact) mass is 1020 g/mol. The first kappa shape index (κ1) is 50.5. The van der Waals surface area contributed by atoms with Crippen LogP contribution in [-0.4, -0.2) is 61.8 Å². The van der Waals surface area contributed by atoms with Gasteiger partial charge in [0.15, 0.2) is 0 Å². The van der Waals surface area contributed by atoms with E-state index in [-0.39, 0.29) is 23.6 Å². The van der Waals surface area contributed by atoms with E-state index in [1.54, 1.807) is 18.3 Å². The van der Waals surface area contributed by atoms with E-state index in [1.807, 2.05) is 225 Å². The van der Waals surface area contributed by atoms with Gasteiger partial charge in [0.1, 0.15) is 23.3 Å². The molecular weight excluding hydrogens is 969 g/mol. The van der Waals surface area contributed by atoms with Crippen molar-refractivity contribution in [3.8, 4) is 45.6 Å². The molecule has 0 radical (unpaired) electrons. The number of carbonyl (C=O) groups excluding carboxylic acids is 4. The van der Waals surface area contributed by atoms with Gasteiger partial charge in [-0.15, -0.1) is 0 Å². The Hall–Kier alpha value is -9.68. The van der Waals surface area contributed by atoms with E-state index in [0.29, 0.717) is 58.4 Å². The minimum Gasteiger partial charge on any atom is -0.268 e. The summed E-state index contributed by atoms with van der Waals surface area (Å²) >= 11 is 0. The molecule has 0 amide bonds. The molecule has 8 aromatic carbocycles. The van der Waals surface area contributed by atoms with Crippen molar-refractivity contribution in [3.63, 3.8) is 0 Å². The molecule has 12 aromatic rings. The fourth-order valence-corrected chi connectivity index (χ4v) is 10.9. The fourth-order valence-electron chi connectivity index (χ4n) is 10.9. The lowest BCUT2D eigenvalue weighted by Gasteiger charge is -2.06. The molecule has 4 aliphatic heterocycles. The molecular formula is C66H56N8O4. The summed E-state index contributed by atoms with van der Waals surface area (Å²) < 4.78 is 6.81. The Morgan fingerprint density at radius 2 is 0.538 bits per heavy atom. The first-order valence-electron chi connectivity index (χ1n) is 27.0. The number of para-hydroxylation sites is 4. The quantitative estimate of drug-likeness (QED) is 0.170. The van der Waals surface area contributed by atoms with Gasteiger partial charge in [0.2, 0.25) is 0 Å². The van der Waals surface area contributed by atoms with Gasteiger partial charge in [-0.1, -0.05) is 152 Å². The van der Waals surface area contributed by atoms with Crippen LogP contribution in [0.15, 0.2) is 170 Å². The molecule has 0 fully saturated rings. The van der Waals surface area contributed by atoms with Crippen molar-refractivity contribution in [2.75, 3.05) is 0 Å². The first-order chi connectivity index (χ1) is 38.3. The number of rotatable bonds is 4. The van der Waals surface area contributed by atoms with Crippen LogP contribution in [0.4, 0.5) is 0 Å². The van der Waals surface area contributed by atoms with Crippen LogP contribution < -0.4 is 0 Å². The second kappa shape index (κ2) is 20.5. The van der Waals surface area contributed by atoms with Gasteiger partial charge >= 0.3 is 0 Å². The van der Waals surface area contributed by atoms with Crippen molar-refractivity contribution in [1.82, 2.24) is 38.2 Å². The molecule has 12 heteroatoms. The van der Waals surface area contributed by atoms with Crippen molar-refractivity contribution in [2.24, 2.45) is 0 Å². The molecule has 384 valence electrons. The molecule has 16 rings (SSSR count). The summed E-state index contributed by atoms with van der Waals surface area (Å²) in [6.45, 7) is 16.0. The van der Waals surface area contributed by atoms with Gasteiger partial charge in [-0.3, -0.25) is 37.4 Å². The van der Waals surface area contributed by atoms with Crippen molar-refractivity contribution in [2.45, 2.75) is 68.2 Å². The number of benzene rings is 8. The molecule has 0 saturated carbocycles. The van der Waals surface area contributed by atoms with E-state index in [2.05, 4.69) is 9.97 Å². The van der Waals surface area contributed by atoms with Crippen molar-refractivity contribution >= 4 is 67.8 Å². The number of fused-ring (bicyclic) bond motifs is 20. The minimum atomic E-state index is -0.0491. The zero-order valence-electron chi connectivity index (χ0n) is 44.8. The molecule has 4 aliphatic rings. The lowest BCUT2D eigenvalue weighted by molar-refractivity contribution is 0.0965. The Morgan fingerprint density at radius 1 is 0.269 bits per heavy atom. The summed E-state index contributed by atoms with van der Waals surface area (Å²) in [7, 11) is 0. The van der Waals surface area contributed by atoms with Crippen LogP contribution in [0.2, 0.25) is 0 Å². The van der Waals surface area contributed by atoms with Crippen molar-refractivity contribution in [1.29, 1.82) is 0 Å². The second-order valence-corrected chi connectivity index (χ2v) is 18.1. The molecule has 0 atom stereocenters. The number of aromatic nitrogens is 8. The Balaban J connectivity index is 0.000000147. The van der Waals surface area contributed by atoms with Gasteiger partial charge in [-0.05, 0) is 108 Å². The number of hydrogen-bond donors (Lipinski definition) is 0. The largest absolute Gasteiger partial charge is 0.268 e. The van der Waals surface area contributed by atoms with Crippen LogP contribution in [0.5, 0.6) is 0 Å². The Morgan fingerprint density at radius 3 is 0.923 bits per heavy atom. The third-order valence-electron chi connectivity index (χ3n) is 14.1. The van der Waals surface area contributed by atoms with Crippen molar-refractivity contribution in [3.05, 3.63) is 214 Å². The number of hydrogen-bond acceptors (Lipinski definition) is 8. The van der Waals surface area contributed by atoms with Gasteiger partial charge in [0.25, 0.3) is 23.6 Å². The average Bonchev–Trinajstić information content (AvgIpc) is 4.59. The SMILES string of the molecule is CC.CC.CC.CC.O=C1c2cc(Cc3ccc4c(c3)C(=O)n3c-4nc4ccccc43)ccc2-c2nc3ccccc3n21.O=C1c2ccccc2-c2nc3cc(Cc4ccc5c(c4)nc4n5C(=O)c5ccccc5-4)ccc3n21. The average molecular weight is 1030 g/mol. The van der Waals surface area contributed by atoms with E-state index >= 15 is 0 Å². The summed E-state index contributed by atoms with van der Waals surface area (Å²) in [4.78, 5) is 71.2. The van der Waals surface area contributed by atoms with E-state index < -0.39 is 0 Å². The molecule has 12 nitrogen and oxygen atoms in total. The third-order valence-corrected chi connectivity index (χ3v) is 14.1. The fraction of sp³-hybridized carbons (Fsp3) is 0.152. The predicted octanol–water partition coefficient (Wildman–Crippen LogP) is 14.7. The number of nitrogens with zero attached hydrogens (tertiary/aromatic N) is 8. The third kappa shape index (κ3) is 7.81. The van der Waals surface area contributed by atoms with Crippen LogP contribution in [0.3, 0.4) is 0 Å². The van der Waals surface area contributed by atoms with Crippen LogP contribution in [-0.2, 0) is 12.8 Å². The van der Waals surface area contributed by atoms with E-state index in [4.69, 9.17) is 9.97 Å². The smallest absolute Gasteiger partial charge is 0.264 e. The highest BCUT2D eigenvalue weighted by atomic mass is 16.2. The lowest BCUT2D eigenvalue weighted by Crippen LogP contribution is -2.06. The minimum absolute atomic E-state index is 0.0275. The molecule has 8 heterocycles. The maximum Gasteiger partial charge on any atom is 0.264 e. The highest BCUT2D eigenvalue weighted by molar-refractivity contribution is 6.15. The molecule has 0 N–H and O–H groups in total. The summed E-state index contributed by atoms with van der Waals surface area (Å²) in [6, 6.07) is 54.7. The van der Waals surface area contributed by atoms with E-state index in [1.165, 1.54) is 0 Å². The van der Waals surface area contributed by atoms with Gasteiger partial charge in [0, 0.05) is 22.3 Å². The van der Waals surface area contributed by atoms with Gasteiger partial charge in [-0.25, -0.2) is 19.9 Å². The van der Waals surface area contributed by atoms with Gasteiger partial charge in [-0.2, -0.15) is 0 Å². The Kier molecular flexibility index (Phi) is 13.2. The normalized spacial score (nSPS) is 12.3. The summed E-state index contributed by atoms with van der Waals surface area (Å²) in [5.74, 6) is 2.65. The highest BCUT2D eigenvalue weighted by Crippen LogP contribution is 2.40. The highest BCUT2D eigenvalue weighted by Gasteiger charge is 2.34. The zero-order chi connectivity index (χ0) is 54.5. The predicted molar refractivity (Wildman–Crippen MR) is 311 cm³/mol. The van der Waals surface area contributed by atoms with E-state index in [0.717, 1.165) is 88.6 Å². The van der Waals surface area contributed by atoms with Crippen molar-refractivity contribution < 1.29 is 19.2 Å². The Bertz CT molecular complexity index is 4130. The molecule has 0 aliphatic carbocycles. The summed E-state index contributed by atoms with van der Waals surface area (Å²) in [5.41, 5.74) is 17.0. The summed E-state index contributed by atoms with van der Waals surface area (Å²) in [5, 5.41) is 0. The molecule has 4 aromatic heterocycles. The number of carbonyl (C=O) groups is 4. The standard InChI is InChI=1S/2C29H16N4O2.4C2H6/c34-28-20-14-16(9-11-18(20)26-30-22-5-1-3-7-24(22)32(26)28)13-17-10-12-19-21(15-17)29(35)33-25-8-4-2-6-23(25)31-27(19)33;34-28-20-7-3-1-5-18(20)26-30-22-14-16(9-11-24(22)32(26)28)13-17-10-12-25-23(15-17)31-27-19-6-2-4-8-21(19)29(35)33(25)27;4*1-2/h2*1-12,14-15H,13H2;4*1-2H3.